The molecular weight excluding hydrogens is 300 g/mol. The number of nitrogen functional groups attached to an aromatic ring is 1. The van der Waals surface area contributed by atoms with Gasteiger partial charge in [-0.05, 0) is 25.1 Å². The van der Waals surface area contributed by atoms with Crippen molar-refractivity contribution in [3.63, 3.8) is 0 Å². The molecule has 0 amide bonds. The van der Waals surface area contributed by atoms with Gasteiger partial charge in [-0.1, -0.05) is 5.21 Å². The molecule has 0 aliphatic rings. The highest BCUT2D eigenvalue weighted by atomic mass is 32.2. The molecule has 21 heavy (non-hydrogen) atoms. The SMILES string of the molecule is CC(NS(=O)(=O)c1ccc(N)cc1C(=O)O)c1nn[nH]n1. The lowest BCUT2D eigenvalue weighted by Crippen LogP contribution is -2.29. The summed E-state index contributed by atoms with van der Waals surface area (Å²) in [6.07, 6.45) is 0. The molecule has 1 unspecified atom stereocenters. The van der Waals surface area contributed by atoms with Crippen LogP contribution in [-0.2, 0) is 10.0 Å². The number of nitrogens with two attached hydrogens (primary N) is 1. The van der Waals surface area contributed by atoms with E-state index in [2.05, 4.69) is 25.3 Å². The molecule has 0 fully saturated rings. The van der Waals surface area contributed by atoms with Crippen molar-refractivity contribution in [3.8, 4) is 0 Å². The number of benzene rings is 1. The highest BCUT2D eigenvalue weighted by molar-refractivity contribution is 7.89. The van der Waals surface area contributed by atoms with Gasteiger partial charge in [0.25, 0.3) is 0 Å². The van der Waals surface area contributed by atoms with E-state index >= 15 is 0 Å². The van der Waals surface area contributed by atoms with Crippen molar-refractivity contribution in [1.29, 1.82) is 0 Å². The number of carboxylic acid groups (broad SMARTS) is 1. The van der Waals surface area contributed by atoms with Gasteiger partial charge in [-0.15, -0.1) is 10.2 Å². The topological polar surface area (TPSA) is 164 Å². The number of tetrazole rings is 1. The van der Waals surface area contributed by atoms with Gasteiger partial charge >= 0.3 is 5.97 Å². The number of nitrogens with zero attached hydrogens (tertiary/aromatic N) is 3. The summed E-state index contributed by atoms with van der Waals surface area (Å²) >= 11 is 0. The summed E-state index contributed by atoms with van der Waals surface area (Å²) in [7, 11) is -4.09. The third kappa shape index (κ3) is 3.14. The number of sulfonamides is 1. The molecule has 1 aromatic carbocycles. The number of carboxylic acids is 1. The Morgan fingerprint density at radius 3 is 2.76 bits per heavy atom. The number of hydrogen-bond donors (Lipinski definition) is 4. The second-order valence-electron chi connectivity index (χ2n) is 4.17. The highest BCUT2D eigenvalue weighted by Gasteiger charge is 2.25. The van der Waals surface area contributed by atoms with E-state index < -0.39 is 27.6 Å². The fraction of sp³-hybridized carbons (Fsp3) is 0.200. The number of hydrogen-bond acceptors (Lipinski definition) is 7. The zero-order valence-corrected chi connectivity index (χ0v) is 11.6. The molecule has 0 saturated carbocycles. The first-order valence-corrected chi connectivity index (χ1v) is 7.18. The Labute approximate surface area is 119 Å². The molecule has 2 rings (SSSR count). The summed E-state index contributed by atoms with van der Waals surface area (Å²) < 4.78 is 26.8. The molecule has 1 aromatic heterocycles. The summed E-state index contributed by atoms with van der Waals surface area (Å²) in [6.45, 7) is 1.50. The largest absolute Gasteiger partial charge is 0.478 e. The van der Waals surface area contributed by atoms with Crippen LogP contribution in [0.3, 0.4) is 0 Å². The van der Waals surface area contributed by atoms with Crippen LogP contribution in [0, 0.1) is 0 Å². The highest BCUT2D eigenvalue weighted by Crippen LogP contribution is 2.20. The molecule has 11 heteroatoms. The predicted octanol–water partition coefficient (Wildman–Crippen LogP) is -0.480. The number of rotatable bonds is 5. The fourth-order valence-electron chi connectivity index (χ4n) is 1.65. The summed E-state index contributed by atoms with van der Waals surface area (Å²) in [5.74, 6) is -1.26. The van der Waals surface area contributed by atoms with E-state index in [1.807, 2.05) is 0 Å². The summed E-state index contributed by atoms with van der Waals surface area (Å²) in [6, 6.07) is 2.73. The first kappa shape index (κ1) is 14.9. The molecule has 0 aliphatic heterocycles. The Bertz CT molecular complexity index is 758. The molecule has 0 spiro atoms. The van der Waals surface area contributed by atoms with Gasteiger partial charge in [0.2, 0.25) is 10.0 Å². The number of H-pyrrole nitrogens is 1. The van der Waals surface area contributed by atoms with Gasteiger partial charge in [0.15, 0.2) is 5.82 Å². The Morgan fingerprint density at radius 2 is 2.19 bits per heavy atom. The number of aromatic amines is 1. The van der Waals surface area contributed by atoms with Crippen molar-refractivity contribution in [2.75, 3.05) is 5.73 Å². The van der Waals surface area contributed by atoms with Crippen molar-refractivity contribution in [1.82, 2.24) is 25.3 Å². The van der Waals surface area contributed by atoms with E-state index in [1.165, 1.54) is 13.0 Å². The molecule has 5 N–H and O–H groups in total. The third-order valence-corrected chi connectivity index (χ3v) is 4.20. The van der Waals surface area contributed by atoms with Crippen LogP contribution in [-0.4, -0.2) is 40.1 Å². The monoisotopic (exact) mass is 312 g/mol. The number of anilines is 1. The Morgan fingerprint density at radius 1 is 1.48 bits per heavy atom. The summed E-state index contributed by atoms with van der Waals surface area (Å²) in [5, 5.41) is 21.9. The molecule has 10 nitrogen and oxygen atoms in total. The second kappa shape index (κ2) is 5.46. The number of aromatic carboxylic acids is 1. The van der Waals surface area contributed by atoms with Crippen LogP contribution in [0.15, 0.2) is 23.1 Å². The zero-order chi connectivity index (χ0) is 15.6. The lowest BCUT2D eigenvalue weighted by molar-refractivity contribution is 0.0692. The van der Waals surface area contributed by atoms with Crippen LogP contribution in [0.25, 0.3) is 0 Å². The maximum atomic E-state index is 12.3. The van der Waals surface area contributed by atoms with E-state index in [0.29, 0.717) is 0 Å². The Kier molecular flexibility index (Phi) is 3.86. The smallest absolute Gasteiger partial charge is 0.337 e. The van der Waals surface area contributed by atoms with E-state index in [4.69, 9.17) is 10.8 Å². The molecule has 1 heterocycles. The lowest BCUT2D eigenvalue weighted by Gasteiger charge is -2.13. The van der Waals surface area contributed by atoms with Gasteiger partial charge in [0, 0.05) is 5.69 Å². The molecule has 0 bridgehead atoms. The van der Waals surface area contributed by atoms with Crippen molar-refractivity contribution >= 4 is 21.7 Å². The van der Waals surface area contributed by atoms with Gasteiger partial charge in [0.1, 0.15) is 0 Å². The van der Waals surface area contributed by atoms with Crippen LogP contribution in [0.1, 0.15) is 29.1 Å². The Balaban J connectivity index is 2.38. The quantitative estimate of drug-likeness (QED) is 0.537. The normalized spacial score (nSPS) is 13.0. The molecule has 1 atom stereocenters. The van der Waals surface area contributed by atoms with E-state index in [1.54, 1.807) is 0 Å². The zero-order valence-electron chi connectivity index (χ0n) is 10.8. The van der Waals surface area contributed by atoms with Crippen LogP contribution < -0.4 is 10.5 Å². The minimum Gasteiger partial charge on any atom is -0.478 e. The average molecular weight is 312 g/mol. The van der Waals surface area contributed by atoms with Gasteiger partial charge in [-0.25, -0.2) is 17.9 Å². The maximum absolute atomic E-state index is 12.3. The van der Waals surface area contributed by atoms with Gasteiger partial charge < -0.3 is 10.8 Å². The molecule has 0 aliphatic carbocycles. The number of aromatic nitrogens is 4. The first-order valence-electron chi connectivity index (χ1n) is 5.70. The number of carbonyl (C=O) groups is 1. The first-order chi connectivity index (χ1) is 9.81. The van der Waals surface area contributed by atoms with Gasteiger partial charge in [-0.2, -0.15) is 5.21 Å². The summed E-state index contributed by atoms with van der Waals surface area (Å²) in [4.78, 5) is 10.8. The molecular formula is C10H12N6O4S. The minimum absolute atomic E-state index is 0.130. The second-order valence-corrected chi connectivity index (χ2v) is 5.86. The van der Waals surface area contributed by atoms with Crippen molar-refractivity contribution in [2.45, 2.75) is 17.9 Å². The summed E-state index contributed by atoms with van der Waals surface area (Å²) in [5.41, 5.74) is 5.21. The maximum Gasteiger partial charge on any atom is 0.337 e. The minimum atomic E-state index is -4.09. The van der Waals surface area contributed by atoms with Crippen LogP contribution >= 0.6 is 0 Å². The van der Waals surface area contributed by atoms with Gasteiger partial charge in [0.05, 0.1) is 16.5 Å². The van der Waals surface area contributed by atoms with Crippen molar-refractivity contribution in [3.05, 3.63) is 29.6 Å². The van der Waals surface area contributed by atoms with E-state index in [-0.39, 0.29) is 16.4 Å². The fourth-order valence-corrected chi connectivity index (χ4v) is 3.03. The third-order valence-electron chi connectivity index (χ3n) is 2.60. The van der Waals surface area contributed by atoms with Crippen molar-refractivity contribution < 1.29 is 18.3 Å². The molecule has 0 saturated heterocycles. The lowest BCUT2D eigenvalue weighted by atomic mass is 10.2. The molecule has 0 radical (unpaired) electrons. The van der Waals surface area contributed by atoms with E-state index in [0.717, 1.165) is 12.1 Å². The predicted molar refractivity (Wildman–Crippen MR) is 70.7 cm³/mol. The Hall–Kier alpha value is -2.53. The van der Waals surface area contributed by atoms with Crippen LogP contribution in [0.4, 0.5) is 5.69 Å². The molecule has 112 valence electrons. The van der Waals surface area contributed by atoms with Crippen LogP contribution in [0.2, 0.25) is 0 Å². The average Bonchev–Trinajstić information content (AvgIpc) is 2.91. The number of nitrogens with one attached hydrogen (secondary N) is 2. The molecule has 2 aromatic rings. The van der Waals surface area contributed by atoms with Crippen LogP contribution in [0.5, 0.6) is 0 Å². The standard InChI is InChI=1S/C10H12N6O4S/c1-5(9-12-15-16-13-9)14-21(19,20)8-3-2-6(11)4-7(8)10(17)18/h2-5,14H,11H2,1H3,(H,17,18)(H,12,13,15,16). The van der Waals surface area contributed by atoms with E-state index in [9.17, 15) is 13.2 Å². The van der Waals surface area contributed by atoms with Crippen molar-refractivity contribution in [2.24, 2.45) is 0 Å². The van der Waals surface area contributed by atoms with Gasteiger partial charge in [-0.3, -0.25) is 0 Å².